The number of hydrogen-bond donors (Lipinski definition) is 1. The Hall–Kier alpha value is -1.40. The van der Waals surface area contributed by atoms with Gasteiger partial charge in [-0.2, -0.15) is 0 Å². The summed E-state index contributed by atoms with van der Waals surface area (Å²) in [6.45, 7) is 10.3. The summed E-state index contributed by atoms with van der Waals surface area (Å²) in [4.78, 5) is 26.9. The van der Waals surface area contributed by atoms with Gasteiger partial charge in [0.15, 0.2) is 0 Å². The van der Waals surface area contributed by atoms with E-state index >= 15 is 0 Å². The molecule has 0 aliphatic carbocycles. The van der Waals surface area contributed by atoms with E-state index in [1.54, 1.807) is 0 Å². The van der Waals surface area contributed by atoms with E-state index in [1.165, 1.54) is 109 Å². The van der Waals surface area contributed by atoms with E-state index in [-0.39, 0.29) is 24.6 Å². The normalized spacial score (nSPS) is 12.3. The van der Waals surface area contributed by atoms with E-state index in [4.69, 9.17) is 9.47 Å². The maximum atomic E-state index is 12.6. The minimum Gasteiger partial charge on any atom is -0.465 e. The second-order valence-electron chi connectivity index (χ2n) is 14.5. The number of carbonyl (C=O) groups is 2. The zero-order chi connectivity index (χ0) is 35.9. The van der Waals surface area contributed by atoms with E-state index in [1.807, 2.05) is 6.08 Å². The summed E-state index contributed by atoms with van der Waals surface area (Å²) in [6, 6.07) is 0. The number of ether oxygens (including phenoxy) is 2. The molecule has 0 saturated carbocycles. The van der Waals surface area contributed by atoms with Gasteiger partial charge in [-0.3, -0.25) is 9.59 Å². The largest absolute Gasteiger partial charge is 0.465 e. The van der Waals surface area contributed by atoms with E-state index in [0.29, 0.717) is 19.4 Å². The predicted molar refractivity (Wildman–Crippen MR) is 209 cm³/mol. The molecule has 1 N–H and O–H groups in total. The molecule has 0 aliphatic rings. The van der Waals surface area contributed by atoms with E-state index in [9.17, 15) is 14.7 Å². The van der Waals surface area contributed by atoms with Gasteiger partial charge in [0.25, 0.3) is 0 Å². The van der Waals surface area contributed by atoms with Gasteiger partial charge in [-0.25, -0.2) is 0 Å². The van der Waals surface area contributed by atoms with Crippen molar-refractivity contribution in [3.05, 3.63) is 12.2 Å². The third-order valence-electron chi connectivity index (χ3n) is 9.64. The van der Waals surface area contributed by atoms with Gasteiger partial charge in [-0.05, 0) is 77.3 Å². The molecule has 0 aromatic heterocycles. The van der Waals surface area contributed by atoms with Crippen LogP contribution in [0.2, 0.25) is 0 Å². The predicted octanol–water partition coefficient (Wildman–Crippen LogP) is 12.1. The van der Waals surface area contributed by atoms with Crippen molar-refractivity contribution in [2.45, 2.75) is 219 Å². The number of allylic oxidation sites excluding steroid dienone is 1. The Labute approximate surface area is 304 Å². The highest BCUT2D eigenvalue weighted by molar-refractivity contribution is 5.71. The molecule has 0 radical (unpaired) electrons. The Morgan fingerprint density at radius 3 is 1.61 bits per heavy atom. The highest BCUT2D eigenvalue weighted by Crippen LogP contribution is 2.18. The number of hydrogen-bond acceptors (Lipinski definition) is 6. The first kappa shape index (κ1) is 47.6. The monoisotopic (exact) mass is 694 g/mol. The Kier molecular flexibility index (Phi) is 38.3. The lowest BCUT2D eigenvalue weighted by Gasteiger charge is -2.21. The van der Waals surface area contributed by atoms with Crippen LogP contribution in [-0.2, 0) is 19.1 Å². The average Bonchev–Trinajstić information content (AvgIpc) is 3.09. The van der Waals surface area contributed by atoms with E-state index < -0.39 is 0 Å². The van der Waals surface area contributed by atoms with Crippen molar-refractivity contribution in [1.29, 1.82) is 0 Å². The molecule has 6 nitrogen and oxygen atoms in total. The summed E-state index contributed by atoms with van der Waals surface area (Å²) in [7, 11) is 0. The van der Waals surface area contributed by atoms with Gasteiger partial charge in [-0.1, -0.05) is 148 Å². The van der Waals surface area contributed by atoms with Crippen molar-refractivity contribution in [2.24, 2.45) is 0 Å². The quantitative estimate of drug-likeness (QED) is 0.0392. The Bertz CT molecular complexity index is 727. The topological polar surface area (TPSA) is 76.1 Å². The van der Waals surface area contributed by atoms with Gasteiger partial charge in [0, 0.05) is 13.0 Å². The minimum atomic E-state index is -0.113. The SMILES string of the molecule is CCCCCC/C=C\CC(=O)OCCCCCCCN(CCO)CCCCCCCC(=O)OC(CCCCCCC)CCCCCCCC. The van der Waals surface area contributed by atoms with Crippen molar-refractivity contribution < 1.29 is 24.2 Å². The van der Waals surface area contributed by atoms with E-state index in [0.717, 1.165) is 90.3 Å². The summed E-state index contributed by atoms with van der Waals surface area (Å²) in [5, 5.41) is 9.52. The maximum Gasteiger partial charge on any atom is 0.309 e. The number of aliphatic hydroxyl groups is 1. The molecule has 0 rings (SSSR count). The van der Waals surface area contributed by atoms with Crippen LogP contribution >= 0.6 is 0 Å². The number of unbranched alkanes of at least 4 members (excludes halogenated alkanes) is 21. The Morgan fingerprint density at radius 2 is 1.04 bits per heavy atom. The van der Waals surface area contributed by atoms with Gasteiger partial charge < -0.3 is 19.5 Å². The fourth-order valence-electron chi connectivity index (χ4n) is 6.45. The smallest absolute Gasteiger partial charge is 0.309 e. The third-order valence-corrected chi connectivity index (χ3v) is 9.64. The van der Waals surface area contributed by atoms with Crippen LogP contribution in [0.1, 0.15) is 213 Å². The van der Waals surface area contributed by atoms with Crippen molar-refractivity contribution in [3.8, 4) is 0 Å². The van der Waals surface area contributed by atoms with Crippen LogP contribution in [0, 0.1) is 0 Å². The summed E-state index contributed by atoms with van der Waals surface area (Å²) >= 11 is 0. The molecular weight excluding hydrogens is 610 g/mol. The molecule has 1 atom stereocenters. The molecule has 49 heavy (non-hydrogen) atoms. The lowest BCUT2D eigenvalue weighted by Crippen LogP contribution is -2.29. The highest BCUT2D eigenvalue weighted by atomic mass is 16.5. The summed E-state index contributed by atoms with van der Waals surface area (Å²) in [6.07, 6.45) is 38.2. The summed E-state index contributed by atoms with van der Waals surface area (Å²) in [5.41, 5.74) is 0. The van der Waals surface area contributed by atoms with Gasteiger partial charge in [0.2, 0.25) is 0 Å². The second kappa shape index (κ2) is 39.4. The molecule has 0 aromatic carbocycles. The number of rotatable bonds is 39. The number of nitrogens with zero attached hydrogens (tertiary/aromatic N) is 1. The number of aliphatic hydroxyl groups excluding tert-OH is 1. The zero-order valence-corrected chi connectivity index (χ0v) is 33.0. The first-order chi connectivity index (χ1) is 24.1. The van der Waals surface area contributed by atoms with Crippen molar-refractivity contribution >= 4 is 11.9 Å². The van der Waals surface area contributed by atoms with Crippen LogP contribution in [0.25, 0.3) is 0 Å². The standard InChI is InChI=1S/C43H83NO5/c1-4-7-10-13-15-20-27-34-42(46)48-40-31-24-17-23-30-37-44(38-39-45)36-29-22-16-21-28-35-43(47)49-41(32-25-18-12-9-6-3)33-26-19-14-11-8-5-2/h20,27,41,45H,4-19,21-26,28-40H2,1-3H3/b27-20-. The zero-order valence-electron chi connectivity index (χ0n) is 33.0. The maximum absolute atomic E-state index is 12.6. The number of carbonyl (C=O) groups excluding carboxylic acids is 2. The summed E-state index contributed by atoms with van der Waals surface area (Å²) in [5.74, 6) is -0.103. The average molecular weight is 694 g/mol. The fraction of sp³-hybridized carbons (Fsp3) is 0.907. The second-order valence-corrected chi connectivity index (χ2v) is 14.5. The number of esters is 2. The molecule has 0 aliphatic heterocycles. The Balaban J connectivity index is 3.94. The molecule has 0 fully saturated rings. The third kappa shape index (κ3) is 36.2. The molecular formula is C43H83NO5. The molecule has 0 amide bonds. The van der Waals surface area contributed by atoms with Crippen molar-refractivity contribution in [2.75, 3.05) is 32.8 Å². The van der Waals surface area contributed by atoms with Crippen molar-refractivity contribution in [1.82, 2.24) is 4.90 Å². The van der Waals surface area contributed by atoms with Crippen molar-refractivity contribution in [3.63, 3.8) is 0 Å². The van der Waals surface area contributed by atoms with Crippen LogP contribution in [0.15, 0.2) is 12.2 Å². The highest BCUT2D eigenvalue weighted by Gasteiger charge is 2.14. The van der Waals surface area contributed by atoms with Crippen LogP contribution in [0.5, 0.6) is 0 Å². The summed E-state index contributed by atoms with van der Waals surface area (Å²) < 4.78 is 11.4. The van der Waals surface area contributed by atoms with Gasteiger partial charge >= 0.3 is 11.9 Å². The van der Waals surface area contributed by atoms with Gasteiger partial charge in [0.1, 0.15) is 6.10 Å². The molecule has 1 unspecified atom stereocenters. The first-order valence-electron chi connectivity index (χ1n) is 21.4. The van der Waals surface area contributed by atoms with E-state index in [2.05, 4.69) is 31.7 Å². The van der Waals surface area contributed by atoms with Gasteiger partial charge in [0.05, 0.1) is 19.6 Å². The molecule has 6 heteroatoms. The molecule has 0 heterocycles. The fourth-order valence-corrected chi connectivity index (χ4v) is 6.45. The molecule has 0 bridgehead atoms. The molecule has 0 aromatic rings. The van der Waals surface area contributed by atoms with Crippen LogP contribution < -0.4 is 0 Å². The first-order valence-corrected chi connectivity index (χ1v) is 21.4. The van der Waals surface area contributed by atoms with Gasteiger partial charge in [-0.15, -0.1) is 0 Å². The lowest BCUT2D eigenvalue weighted by atomic mass is 10.0. The molecule has 0 saturated heterocycles. The molecule has 290 valence electrons. The van der Waals surface area contributed by atoms with Crippen LogP contribution in [0.4, 0.5) is 0 Å². The minimum absolute atomic E-state index is 0.0101. The Morgan fingerprint density at radius 1 is 0.551 bits per heavy atom. The van der Waals surface area contributed by atoms with Crippen LogP contribution in [0.3, 0.4) is 0 Å². The van der Waals surface area contributed by atoms with Crippen LogP contribution in [-0.4, -0.2) is 60.9 Å². The molecule has 0 spiro atoms. The lowest BCUT2D eigenvalue weighted by molar-refractivity contribution is -0.150.